The van der Waals surface area contributed by atoms with Crippen LogP contribution in [-0.4, -0.2) is 9.38 Å². The molecule has 0 bridgehead atoms. The lowest BCUT2D eigenvalue weighted by molar-refractivity contribution is 0.816. The van der Waals surface area contributed by atoms with Crippen molar-refractivity contribution in [3.8, 4) is 0 Å². The van der Waals surface area contributed by atoms with Gasteiger partial charge in [0.2, 0.25) is 0 Å². The number of nitrogens with zero attached hydrogens (tertiary/aromatic N) is 2. The van der Waals surface area contributed by atoms with Crippen LogP contribution in [-0.2, 0) is 6.42 Å². The lowest BCUT2D eigenvalue weighted by Crippen LogP contribution is -2.06. The molecule has 0 fully saturated rings. The number of halogens is 1. The third-order valence-corrected chi connectivity index (χ3v) is 2.91. The van der Waals surface area contributed by atoms with Crippen molar-refractivity contribution in [1.82, 2.24) is 9.38 Å². The van der Waals surface area contributed by atoms with Gasteiger partial charge in [-0.2, -0.15) is 0 Å². The van der Waals surface area contributed by atoms with E-state index in [0.29, 0.717) is 5.15 Å². The van der Waals surface area contributed by atoms with E-state index in [1.807, 2.05) is 36.6 Å². The molecule has 2 heterocycles. The Hall–Kier alpha value is -1.06. The lowest BCUT2D eigenvalue weighted by Gasteiger charge is -2.06. The van der Waals surface area contributed by atoms with Gasteiger partial charge in [0, 0.05) is 17.8 Å². The van der Waals surface area contributed by atoms with E-state index in [1.165, 1.54) is 0 Å². The summed E-state index contributed by atoms with van der Waals surface area (Å²) < 4.78 is 1.89. The fourth-order valence-electron chi connectivity index (χ4n) is 1.69. The van der Waals surface area contributed by atoms with Gasteiger partial charge in [-0.25, -0.2) is 4.98 Å². The van der Waals surface area contributed by atoms with Gasteiger partial charge in [-0.15, -0.1) is 0 Å². The molecule has 2 aromatic heterocycles. The molecule has 80 valence electrons. The van der Waals surface area contributed by atoms with Crippen molar-refractivity contribution in [3.05, 3.63) is 34.7 Å². The summed E-state index contributed by atoms with van der Waals surface area (Å²) in [6, 6.07) is 3.90. The number of aryl methyl sites for hydroxylation is 1. The highest BCUT2D eigenvalue weighted by molar-refractivity contribution is 6.30. The molecule has 0 saturated heterocycles. The Labute approximate surface area is 93.9 Å². The Morgan fingerprint density at radius 1 is 1.60 bits per heavy atom. The maximum Gasteiger partial charge on any atom is 0.143 e. The molecule has 1 unspecified atom stereocenters. The molecule has 0 amide bonds. The molecule has 1 atom stereocenters. The van der Waals surface area contributed by atoms with E-state index in [-0.39, 0.29) is 6.04 Å². The van der Waals surface area contributed by atoms with Gasteiger partial charge in [-0.3, -0.25) is 4.40 Å². The van der Waals surface area contributed by atoms with Crippen LogP contribution in [0.4, 0.5) is 0 Å². The molecular formula is C11H14ClN3. The van der Waals surface area contributed by atoms with Gasteiger partial charge in [-0.1, -0.05) is 24.6 Å². The highest BCUT2D eigenvalue weighted by atomic mass is 35.5. The Morgan fingerprint density at radius 3 is 2.93 bits per heavy atom. The van der Waals surface area contributed by atoms with Gasteiger partial charge in [0.15, 0.2) is 0 Å². The van der Waals surface area contributed by atoms with Gasteiger partial charge in [0.1, 0.15) is 10.8 Å². The number of fused-ring (bicyclic) bond motifs is 1. The summed E-state index contributed by atoms with van der Waals surface area (Å²) in [5.41, 5.74) is 8.70. The van der Waals surface area contributed by atoms with Crippen molar-refractivity contribution in [2.24, 2.45) is 5.73 Å². The lowest BCUT2D eigenvalue weighted by atomic mass is 10.1. The molecule has 2 aromatic rings. The van der Waals surface area contributed by atoms with Gasteiger partial charge in [0.05, 0.1) is 5.69 Å². The van der Waals surface area contributed by atoms with Crippen LogP contribution in [0.25, 0.3) is 5.65 Å². The fourth-order valence-corrected chi connectivity index (χ4v) is 2.00. The number of hydrogen-bond donors (Lipinski definition) is 1. The zero-order valence-corrected chi connectivity index (χ0v) is 9.62. The molecule has 0 radical (unpaired) electrons. The number of rotatable bonds is 2. The highest BCUT2D eigenvalue weighted by Gasteiger charge is 2.12. The minimum atomic E-state index is -0.0307. The van der Waals surface area contributed by atoms with Crippen molar-refractivity contribution in [2.45, 2.75) is 26.3 Å². The van der Waals surface area contributed by atoms with Crippen LogP contribution in [0.5, 0.6) is 0 Å². The second kappa shape index (κ2) is 3.83. The molecule has 0 saturated carbocycles. The molecule has 4 heteroatoms. The van der Waals surface area contributed by atoms with E-state index in [0.717, 1.165) is 23.3 Å². The van der Waals surface area contributed by atoms with E-state index in [9.17, 15) is 0 Å². The summed E-state index contributed by atoms with van der Waals surface area (Å²) in [5, 5.41) is 0.690. The fraction of sp³-hybridized carbons (Fsp3) is 0.364. The first-order chi connectivity index (χ1) is 7.15. The zero-order valence-electron chi connectivity index (χ0n) is 8.87. The van der Waals surface area contributed by atoms with Crippen LogP contribution in [0, 0.1) is 0 Å². The largest absolute Gasteiger partial charge is 0.324 e. The molecule has 0 aliphatic rings. The summed E-state index contributed by atoms with van der Waals surface area (Å²) in [6.45, 7) is 3.99. The van der Waals surface area contributed by atoms with E-state index in [2.05, 4.69) is 4.98 Å². The maximum absolute atomic E-state index is 6.19. The predicted molar refractivity (Wildman–Crippen MR) is 62.2 cm³/mol. The number of aromatic nitrogens is 2. The smallest absolute Gasteiger partial charge is 0.143 e. The second-order valence-electron chi connectivity index (χ2n) is 3.65. The summed E-state index contributed by atoms with van der Waals surface area (Å²) >= 11 is 6.19. The molecule has 0 aromatic carbocycles. The van der Waals surface area contributed by atoms with E-state index >= 15 is 0 Å². The van der Waals surface area contributed by atoms with E-state index < -0.39 is 0 Å². The average molecular weight is 224 g/mol. The van der Waals surface area contributed by atoms with Gasteiger partial charge in [0.25, 0.3) is 0 Å². The van der Waals surface area contributed by atoms with Crippen LogP contribution >= 0.6 is 11.6 Å². The standard InChI is InChI=1S/C11H14ClN3/c1-3-9-10(12)15-6-4-5-8(7(2)13)11(15)14-9/h4-7H,3,13H2,1-2H3. The SMILES string of the molecule is CCc1nc2c(C(C)N)cccn2c1Cl. The van der Waals surface area contributed by atoms with Crippen molar-refractivity contribution < 1.29 is 0 Å². The normalized spacial score (nSPS) is 13.3. The molecule has 0 aliphatic heterocycles. The highest BCUT2D eigenvalue weighted by Crippen LogP contribution is 2.23. The third kappa shape index (κ3) is 1.62. The summed E-state index contributed by atoms with van der Waals surface area (Å²) in [4.78, 5) is 4.50. The quantitative estimate of drug-likeness (QED) is 0.851. The first-order valence-electron chi connectivity index (χ1n) is 5.06. The minimum Gasteiger partial charge on any atom is -0.324 e. The zero-order chi connectivity index (χ0) is 11.0. The molecule has 2 N–H and O–H groups in total. The molecule has 3 nitrogen and oxygen atoms in total. The number of nitrogens with two attached hydrogens (primary N) is 1. The summed E-state index contributed by atoms with van der Waals surface area (Å²) in [6.07, 6.45) is 2.74. The topological polar surface area (TPSA) is 43.3 Å². The Morgan fingerprint density at radius 2 is 2.33 bits per heavy atom. The van der Waals surface area contributed by atoms with Crippen molar-refractivity contribution >= 4 is 17.2 Å². The number of pyridine rings is 1. The van der Waals surface area contributed by atoms with E-state index in [1.54, 1.807) is 0 Å². The van der Waals surface area contributed by atoms with Crippen LogP contribution in [0.1, 0.15) is 31.1 Å². The van der Waals surface area contributed by atoms with Crippen molar-refractivity contribution in [2.75, 3.05) is 0 Å². The first kappa shape index (κ1) is 10.5. The first-order valence-corrected chi connectivity index (χ1v) is 5.43. The molecule has 2 rings (SSSR count). The predicted octanol–water partition coefficient (Wildman–Crippen LogP) is 2.57. The monoisotopic (exact) mass is 223 g/mol. The Bertz CT molecular complexity index is 488. The summed E-state index contributed by atoms with van der Waals surface area (Å²) in [5.74, 6) is 0. The van der Waals surface area contributed by atoms with Crippen LogP contribution in [0.2, 0.25) is 5.15 Å². The van der Waals surface area contributed by atoms with Crippen LogP contribution in [0.3, 0.4) is 0 Å². The molecule has 0 spiro atoms. The average Bonchev–Trinajstić information content (AvgIpc) is 2.55. The Balaban J connectivity index is 2.76. The summed E-state index contributed by atoms with van der Waals surface area (Å²) in [7, 11) is 0. The minimum absolute atomic E-state index is 0.0307. The number of imidazole rings is 1. The molecule has 0 aliphatic carbocycles. The third-order valence-electron chi connectivity index (χ3n) is 2.51. The van der Waals surface area contributed by atoms with Gasteiger partial charge >= 0.3 is 0 Å². The van der Waals surface area contributed by atoms with E-state index in [4.69, 9.17) is 17.3 Å². The van der Waals surface area contributed by atoms with Gasteiger partial charge < -0.3 is 5.73 Å². The van der Waals surface area contributed by atoms with Crippen LogP contribution < -0.4 is 5.73 Å². The van der Waals surface area contributed by atoms with Gasteiger partial charge in [-0.05, 0) is 19.4 Å². The maximum atomic E-state index is 6.19. The van der Waals surface area contributed by atoms with Crippen LogP contribution in [0.15, 0.2) is 18.3 Å². The molecular weight excluding hydrogens is 210 g/mol. The second-order valence-corrected chi connectivity index (χ2v) is 4.01. The number of hydrogen-bond acceptors (Lipinski definition) is 2. The van der Waals surface area contributed by atoms with Crippen molar-refractivity contribution in [1.29, 1.82) is 0 Å². The van der Waals surface area contributed by atoms with Crippen molar-refractivity contribution in [3.63, 3.8) is 0 Å². The molecule has 15 heavy (non-hydrogen) atoms. The Kier molecular flexibility index (Phi) is 2.67.